The Kier molecular flexibility index (Phi) is 2.69. The third kappa shape index (κ3) is 1.87. The highest BCUT2D eigenvalue weighted by Gasteiger charge is 2.17. The Hall–Kier alpha value is -0.870. The van der Waals surface area contributed by atoms with Gasteiger partial charge in [-0.3, -0.25) is 4.98 Å². The number of fused-ring (bicyclic) bond motifs is 1. The van der Waals surface area contributed by atoms with Gasteiger partial charge in [0.25, 0.3) is 0 Å². The van der Waals surface area contributed by atoms with Gasteiger partial charge in [0.05, 0.1) is 11.9 Å². The van der Waals surface area contributed by atoms with Crippen LogP contribution in [-0.2, 0) is 13.0 Å². The first kappa shape index (κ1) is 10.3. The Bertz CT molecular complexity index is 509. The normalized spacial score (nSPS) is 14.9. The number of halogens is 1. The van der Waals surface area contributed by atoms with Crippen LogP contribution in [0.5, 0.6) is 0 Å². The van der Waals surface area contributed by atoms with Crippen molar-refractivity contribution in [2.75, 3.05) is 11.4 Å². The smallest absolute Gasteiger partial charge is 0.0567 e. The maximum absolute atomic E-state index is 4.22. The second-order valence-corrected chi connectivity index (χ2v) is 5.82. The summed E-state index contributed by atoms with van der Waals surface area (Å²) in [6.45, 7) is 2.10. The van der Waals surface area contributed by atoms with E-state index >= 15 is 0 Å². The van der Waals surface area contributed by atoms with E-state index < -0.39 is 0 Å². The van der Waals surface area contributed by atoms with Crippen LogP contribution in [0, 0.1) is 0 Å². The predicted molar refractivity (Wildman–Crippen MR) is 71.0 cm³/mol. The van der Waals surface area contributed by atoms with Crippen LogP contribution < -0.4 is 4.90 Å². The summed E-state index contributed by atoms with van der Waals surface area (Å²) in [4.78, 5) is 8.14. The summed E-state index contributed by atoms with van der Waals surface area (Å²) in [6, 6.07) is 4.36. The van der Waals surface area contributed by atoms with Crippen LogP contribution in [0.15, 0.2) is 34.4 Å². The number of hydrogen-bond donors (Lipinski definition) is 0. The zero-order chi connectivity index (χ0) is 11.0. The van der Waals surface area contributed by atoms with E-state index in [4.69, 9.17) is 0 Å². The highest BCUT2D eigenvalue weighted by atomic mass is 79.9. The Morgan fingerprint density at radius 2 is 2.31 bits per heavy atom. The first-order chi connectivity index (χ1) is 7.83. The SMILES string of the molecule is Brc1cncc(N2CCc3sccc3C2)c1. The van der Waals surface area contributed by atoms with Gasteiger partial charge in [0, 0.05) is 28.6 Å². The van der Waals surface area contributed by atoms with Crippen molar-refractivity contribution in [2.24, 2.45) is 0 Å². The zero-order valence-corrected chi connectivity index (χ0v) is 11.1. The first-order valence-electron chi connectivity index (χ1n) is 5.24. The quantitative estimate of drug-likeness (QED) is 0.801. The van der Waals surface area contributed by atoms with Crippen molar-refractivity contribution in [1.82, 2.24) is 4.98 Å². The van der Waals surface area contributed by atoms with E-state index in [9.17, 15) is 0 Å². The topological polar surface area (TPSA) is 16.1 Å². The summed E-state index contributed by atoms with van der Waals surface area (Å²) in [5.74, 6) is 0. The second-order valence-electron chi connectivity index (χ2n) is 3.90. The van der Waals surface area contributed by atoms with Crippen molar-refractivity contribution in [3.8, 4) is 0 Å². The molecule has 3 rings (SSSR count). The van der Waals surface area contributed by atoms with Gasteiger partial charge in [0.15, 0.2) is 0 Å². The third-order valence-corrected chi connectivity index (χ3v) is 4.32. The summed E-state index contributed by atoms with van der Waals surface area (Å²) in [7, 11) is 0. The molecule has 0 radical (unpaired) electrons. The summed E-state index contributed by atoms with van der Waals surface area (Å²) in [5.41, 5.74) is 2.67. The maximum Gasteiger partial charge on any atom is 0.0567 e. The number of pyridine rings is 1. The standard InChI is InChI=1S/C12H11BrN2S/c13-10-5-11(7-14-6-10)15-3-1-12-9(8-15)2-4-16-12/h2,4-7H,1,3,8H2. The minimum absolute atomic E-state index is 1.01. The van der Waals surface area contributed by atoms with Crippen molar-refractivity contribution >= 4 is 33.0 Å². The number of thiophene rings is 1. The molecule has 3 heterocycles. The molecule has 4 heteroatoms. The van der Waals surface area contributed by atoms with Crippen molar-refractivity contribution in [1.29, 1.82) is 0 Å². The van der Waals surface area contributed by atoms with Crippen molar-refractivity contribution < 1.29 is 0 Å². The zero-order valence-electron chi connectivity index (χ0n) is 8.69. The average Bonchev–Trinajstić information content (AvgIpc) is 2.75. The van der Waals surface area contributed by atoms with Crippen LogP contribution in [0.3, 0.4) is 0 Å². The molecule has 0 unspecified atom stereocenters. The molecule has 0 saturated carbocycles. The Morgan fingerprint density at radius 3 is 3.19 bits per heavy atom. The van der Waals surface area contributed by atoms with Crippen LogP contribution in [0.25, 0.3) is 0 Å². The molecule has 0 fully saturated rings. The highest BCUT2D eigenvalue weighted by molar-refractivity contribution is 9.10. The molecule has 1 aliphatic rings. The van der Waals surface area contributed by atoms with E-state index in [1.165, 1.54) is 11.3 Å². The predicted octanol–water partition coefficient (Wildman–Crippen LogP) is 3.47. The molecule has 0 aliphatic carbocycles. The van der Waals surface area contributed by atoms with Crippen molar-refractivity contribution in [3.63, 3.8) is 0 Å². The molecular formula is C12H11BrN2S. The molecule has 16 heavy (non-hydrogen) atoms. The molecule has 1 aliphatic heterocycles. The molecule has 2 aromatic rings. The number of hydrogen-bond acceptors (Lipinski definition) is 3. The lowest BCUT2D eigenvalue weighted by Gasteiger charge is -2.28. The second kappa shape index (κ2) is 4.18. The molecular weight excluding hydrogens is 284 g/mol. The van der Waals surface area contributed by atoms with Gasteiger partial charge in [-0.05, 0) is 45.4 Å². The van der Waals surface area contributed by atoms with Crippen molar-refractivity contribution in [2.45, 2.75) is 13.0 Å². The fourth-order valence-electron chi connectivity index (χ4n) is 2.04. The molecule has 0 spiro atoms. The lowest BCUT2D eigenvalue weighted by molar-refractivity contribution is 0.742. The minimum Gasteiger partial charge on any atom is -0.366 e. The van der Waals surface area contributed by atoms with Gasteiger partial charge < -0.3 is 4.90 Å². The van der Waals surface area contributed by atoms with E-state index in [1.807, 2.05) is 23.7 Å². The monoisotopic (exact) mass is 294 g/mol. The van der Waals surface area contributed by atoms with Gasteiger partial charge in [-0.2, -0.15) is 0 Å². The molecule has 82 valence electrons. The fourth-order valence-corrected chi connectivity index (χ4v) is 3.28. The minimum atomic E-state index is 1.01. The molecule has 0 N–H and O–H groups in total. The molecule has 0 saturated heterocycles. The van der Waals surface area contributed by atoms with E-state index in [0.29, 0.717) is 0 Å². The number of nitrogens with zero attached hydrogens (tertiary/aromatic N) is 2. The summed E-state index contributed by atoms with van der Waals surface area (Å²) >= 11 is 5.34. The third-order valence-electron chi connectivity index (χ3n) is 2.86. The van der Waals surface area contributed by atoms with Gasteiger partial charge >= 0.3 is 0 Å². The Labute approximate surface area is 107 Å². The van der Waals surface area contributed by atoms with Gasteiger partial charge in [-0.15, -0.1) is 11.3 Å². The van der Waals surface area contributed by atoms with Crippen LogP contribution in [0.1, 0.15) is 10.4 Å². The van der Waals surface area contributed by atoms with E-state index in [2.05, 4.69) is 43.3 Å². The number of anilines is 1. The molecule has 0 amide bonds. The average molecular weight is 295 g/mol. The summed E-state index contributed by atoms with van der Waals surface area (Å²) in [6.07, 6.45) is 4.91. The molecule has 2 aromatic heterocycles. The van der Waals surface area contributed by atoms with E-state index in [-0.39, 0.29) is 0 Å². The molecule has 0 bridgehead atoms. The number of aromatic nitrogens is 1. The molecule has 0 atom stereocenters. The number of rotatable bonds is 1. The Morgan fingerprint density at radius 1 is 1.38 bits per heavy atom. The van der Waals surface area contributed by atoms with E-state index in [0.717, 1.165) is 24.0 Å². The van der Waals surface area contributed by atoms with Crippen LogP contribution in [-0.4, -0.2) is 11.5 Å². The molecule has 2 nitrogen and oxygen atoms in total. The van der Waals surface area contributed by atoms with Crippen LogP contribution in [0.2, 0.25) is 0 Å². The van der Waals surface area contributed by atoms with Crippen LogP contribution in [0.4, 0.5) is 5.69 Å². The molecule has 0 aromatic carbocycles. The first-order valence-corrected chi connectivity index (χ1v) is 6.91. The lowest BCUT2D eigenvalue weighted by Crippen LogP contribution is -2.29. The van der Waals surface area contributed by atoms with E-state index in [1.54, 1.807) is 4.88 Å². The lowest BCUT2D eigenvalue weighted by atomic mass is 10.1. The summed E-state index contributed by atoms with van der Waals surface area (Å²) < 4.78 is 1.04. The highest BCUT2D eigenvalue weighted by Crippen LogP contribution is 2.28. The van der Waals surface area contributed by atoms with Crippen LogP contribution >= 0.6 is 27.3 Å². The van der Waals surface area contributed by atoms with Gasteiger partial charge in [0.1, 0.15) is 0 Å². The maximum atomic E-state index is 4.22. The van der Waals surface area contributed by atoms with Gasteiger partial charge in [-0.25, -0.2) is 0 Å². The van der Waals surface area contributed by atoms with Gasteiger partial charge in [0.2, 0.25) is 0 Å². The summed E-state index contributed by atoms with van der Waals surface area (Å²) in [5, 5.41) is 2.19. The van der Waals surface area contributed by atoms with Crippen molar-refractivity contribution in [3.05, 3.63) is 44.8 Å². The fraction of sp³-hybridized carbons (Fsp3) is 0.250. The Balaban J connectivity index is 1.88. The largest absolute Gasteiger partial charge is 0.366 e. The van der Waals surface area contributed by atoms with Gasteiger partial charge in [-0.1, -0.05) is 0 Å².